The summed E-state index contributed by atoms with van der Waals surface area (Å²) >= 11 is 0. The van der Waals surface area contributed by atoms with Crippen LogP contribution in [0.15, 0.2) is 0 Å². The first-order valence-electron chi connectivity index (χ1n) is 5.70. The van der Waals surface area contributed by atoms with Gasteiger partial charge in [0.15, 0.2) is 0 Å². The lowest BCUT2D eigenvalue weighted by atomic mass is 9.86. The largest absolute Gasteiger partial charge is 0.389 e. The molecule has 0 radical (unpaired) electrons. The molecule has 0 aromatic carbocycles. The second kappa shape index (κ2) is 4.15. The normalized spacial score (nSPS) is 28.7. The number of rotatable bonds is 3. The third kappa shape index (κ3) is 2.09. The summed E-state index contributed by atoms with van der Waals surface area (Å²) in [5.74, 6) is 0. The summed E-state index contributed by atoms with van der Waals surface area (Å²) in [5, 5.41) is 9.23. The Balaban J connectivity index is 1.82. The molecule has 1 heterocycles. The van der Waals surface area contributed by atoms with Gasteiger partial charge in [0.1, 0.15) is 6.67 Å². The van der Waals surface area contributed by atoms with Gasteiger partial charge in [0.25, 0.3) is 0 Å². The second-order valence-corrected chi connectivity index (χ2v) is 5.00. The molecule has 1 saturated heterocycles. The number of nitrogens with zero attached hydrogens (tertiary/aromatic N) is 1. The highest BCUT2D eigenvalue weighted by Gasteiger charge is 2.40. The summed E-state index contributed by atoms with van der Waals surface area (Å²) < 4.78 is 12.1. The summed E-state index contributed by atoms with van der Waals surface area (Å²) in [7, 11) is 0. The van der Waals surface area contributed by atoms with Gasteiger partial charge in [-0.2, -0.15) is 0 Å². The Labute approximate surface area is 85.1 Å². The van der Waals surface area contributed by atoms with Crippen molar-refractivity contribution in [1.29, 1.82) is 0 Å². The number of halogens is 1. The van der Waals surface area contributed by atoms with Crippen LogP contribution in [0.3, 0.4) is 0 Å². The van der Waals surface area contributed by atoms with Gasteiger partial charge in [0, 0.05) is 13.1 Å². The van der Waals surface area contributed by atoms with Crippen LogP contribution in [0, 0.1) is 5.41 Å². The topological polar surface area (TPSA) is 23.5 Å². The third-order valence-corrected chi connectivity index (χ3v) is 3.83. The lowest BCUT2D eigenvalue weighted by Gasteiger charge is -2.24. The zero-order valence-electron chi connectivity index (χ0n) is 8.71. The van der Waals surface area contributed by atoms with Gasteiger partial charge < -0.3 is 10.0 Å². The number of β-amino-alcohol motifs (C(OH)–C–C–N with tert-alkyl or cyclic N) is 1. The van der Waals surface area contributed by atoms with Crippen LogP contribution < -0.4 is 0 Å². The van der Waals surface area contributed by atoms with E-state index in [0.29, 0.717) is 12.0 Å². The van der Waals surface area contributed by atoms with Crippen LogP contribution in [0.4, 0.5) is 4.39 Å². The molecule has 2 fully saturated rings. The van der Waals surface area contributed by atoms with E-state index in [1.165, 1.54) is 32.1 Å². The van der Waals surface area contributed by atoms with Gasteiger partial charge >= 0.3 is 0 Å². The van der Waals surface area contributed by atoms with Crippen LogP contribution in [0.2, 0.25) is 0 Å². The van der Waals surface area contributed by atoms with E-state index in [4.69, 9.17) is 0 Å². The maximum Gasteiger partial charge on any atom is 0.117 e. The van der Waals surface area contributed by atoms with Crippen molar-refractivity contribution in [2.24, 2.45) is 5.41 Å². The molecule has 0 bridgehead atoms. The van der Waals surface area contributed by atoms with Gasteiger partial charge in [-0.3, -0.25) is 0 Å². The molecule has 1 spiro atoms. The fourth-order valence-corrected chi connectivity index (χ4v) is 3.06. The molecule has 82 valence electrons. The van der Waals surface area contributed by atoms with E-state index in [2.05, 4.69) is 4.90 Å². The molecule has 1 atom stereocenters. The Morgan fingerprint density at radius 2 is 2.00 bits per heavy atom. The van der Waals surface area contributed by atoms with Crippen LogP contribution in [-0.2, 0) is 0 Å². The fraction of sp³-hybridized carbons (Fsp3) is 1.00. The maximum atomic E-state index is 12.1. The summed E-state index contributed by atoms with van der Waals surface area (Å²) in [6, 6.07) is 0. The van der Waals surface area contributed by atoms with Crippen molar-refractivity contribution in [3.05, 3.63) is 0 Å². The number of aliphatic hydroxyl groups is 1. The van der Waals surface area contributed by atoms with Crippen LogP contribution in [-0.4, -0.2) is 42.4 Å². The quantitative estimate of drug-likeness (QED) is 0.749. The average molecular weight is 201 g/mol. The fourth-order valence-electron chi connectivity index (χ4n) is 3.06. The molecule has 1 N–H and O–H groups in total. The lowest BCUT2D eigenvalue weighted by Crippen LogP contribution is -2.33. The molecule has 2 nitrogen and oxygen atoms in total. The van der Waals surface area contributed by atoms with E-state index in [1.54, 1.807) is 0 Å². The molecule has 2 aliphatic rings. The monoisotopic (exact) mass is 201 g/mol. The Morgan fingerprint density at radius 3 is 2.64 bits per heavy atom. The smallest absolute Gasteiger partial charge is 0.117 e. The predicted octanol–water partition coefficient (Wildman–Crippen LogP) is 1.58. The minimum absolute atomic E-state index is 0.526. The second-order valence-electron chi connectivity index (χ2n) is 5.00. The SMILES string of the molecule is OC(CF)CN1CCC2(CCCC2)C1. The summed E-state index contributed by atoms with van der Waals surface area (Å²) in [6.07, 6.45) is 5.89. The highest BCUT2D eigenvalue weighted by atomic mass is 19.1. The van der Waals surface area contributed by atoms with Gasteiger partial charge in [-0.1, -0.05) is 12.8 Å². The summed E-state index contributed by atoms with van der Waals surface area (Å²) in [5.41, 5.74) is 0.538. The van der Waals surface area contributed by atoms with Crippen molar-refractivity contribution in [3.8, 4) is 0 Å². The van der Waals surface area contributed by atoms with Crippen LogP contribution in [0.1, 0.15) is 32.1 Å². The molecule has 0 aromatic heterocycles. The lowest BCUT2D eigenvalue weighted by molar-refractivity contribution is 0.0942. The van der Waals surface area contributed by atoms with Crippen molar-refractivity contribution in [1.82, 2.24) is 4.90 Å². The zero-order valence-corrected chi connectivity index (χ0v) is 8.71. The number of likely N-dealkylation sites (tertiary alicyclic amines) is 1. The molecular formula is C11H20FNO. The molecule has 0 amide bonds. The first-order chi connectivity index (χ1) is 6.74. The van der Waals surface area contributed by atoms with Crippen molar-refractivity contribution < 1.29 is 9.50 Å². The molecule has 2 rings (SSSR count). The van der Waals surface area contributed by atoms with E-state index in [9.17, 15) is 9.50 Å². The van der Waals surface area contributed by atoms with Gasteiger partial charge in [-0.25, -0.2) is 4.39 Å². The van der Waals surface area contributed by atoms with Gasteiger partial charge in [-0.05, 0) is 31.2 Å². The molecule has 1 unspecified atom stereocenters. The predicted molar refractivity (Wildman–Crippen MR) is 53.9 cm³/mol. The van der Waals surface area contributed by atoms with Gasteiger partial charge in [0.2, 0.25) is 0 Å². The van der Waals surface area contributed by atoms with E-state index >= 15 is 0 Å². The molecule has 14 heavy (non-hydrogen) atoms. The number of hydrogen-bond acceptors (Lipinski definition) is 2. The Kier molecular flexibility index (Phi) is 3.07. The van der Waals surface area contributed by atoms with E-state index in [1.807, 2.05) is 0 Å². The van der Waals surface area contributed by atoms with E-state index < -0.39 is 12.8 Å². The molecule has 3 heteroatoms. The van der Waals surface area contributed by atoms with Crippen molar-refractivity contribution in [2.75, 3.05) is 26.3 Å². The molecule has 1 saturated carbocycles. The Bertz CT molecular complexity index is 192. The van der Waals surface area contributed by atoms with Gasteiger partial charge in [0.05, 0.1) is 6.10 Å². The van der Waals surface area contributed by atoms with Crippen LogP contribution in [0.5, 0.6) is 0 Å². The summed E-state index contributed by atoms with van der Waals surface area (Å²) in [4.78, 5) is 2.23. The van der Waals surface area contributed by atoms with Crippen LogP contribution >= 0.6 is 0 Å². The highest BCUT2D eigenvalue weighted by molar-refractivity contribution is 4.93. The van der Waals surface area contributed by atoms with Crippen molar-refractivity contribution >= 4 is 0 Å². The minimum atomic E-state index is -0.772. The Morgan fingerprint density at radius 1 is 1.29 bits per heavy atom. The summed E-state index contributed by atoms with van der Waals surface area (Å²) in [6.45, 7) is 2.06. The minimum Gasteiger partial charge on any atom is -0.389 e. The first-order valence-corrected chi connectivity index (χ1v) is 5.70. The zero-order chi connectivity index (χ0) is 10.0. The van der Waals surface area contributed by atoms with E-state index in [-0.39, 0.29) is 0 Å². The van der Waals surface area contributed by atoms with E-state index in [0.717, 1.165) is 13.1 Å². The number of aliphatic hydroxyl groups excluding tert-OH is 1. The molecular weight excluding hydrogens is 181 g/mol. The molecule has 1 aliphatic carbocycles. The highest BCUT2D eigenvalue weighted by Crippen LogP contribution is 2.45. The van der Waals surface area contributed by atoms with Crippen LogP contribution in [0.25, 0.3) is 0 Å². The number of hydrogen-bond donors (Lipinski definition) is 1. The van der Waals surface area contributed by atoms with Crippen molar-refractivity contribution in [2.45, 2.75) is 38.2 Å². The Hall–Kier alpha value is -0.150. The standard InChI is InChI=1S/C11H20FNO/c12-7-10(14)8-13-6-5-11(9-13)3-1-2-4-11/h10,14H,1-9H2. The maximum absolute atomic E-state index is 12.1. The first kappa shape index (κ1) is 10.4. The average Bonchev–Trinajstić information content (AvgIpc) is 2.78. The number of alkyl halides is 1. The van der Waals surface area contributed by atoms with Crippen molar-refractivity contribution in [3.63, 3.8) is 0 Å². The van der Waals surface area contributed by atoms with Gasteiger partial charge in [-0.15, -0.1) is 0 Å². The third-order valence-electron chi connectivity index (χ3n) is 3.83. The molecule has 0 aromatic rings. The molecule has 1 aliphatic heterocycles.